The number of amides is 1. The van der Waals surface area contributed by atoms with Gasteiger partial charge in [-0.15, -0.1) is 0 Å². The van der Waals surface area contributed by atoms with Gasteiger partial charge in [0.2, 0.25) is 0 Å². The molecule has 1 amide bonds. The Morgan fingerprint density at radius 2 is 1.90 bits per heavy atom. The Morgan fingerprint density at radius 3 is 2.63 bits per heavy atom. The van der Waals surface area contributed by atoms with Gasteiger partial charge in [-0.1, -0.05) is 30.3 Å². The molecule has 0 saturated heterocycles. The van der Waals surface area contributed by atoms with Crippen molar-refractivity contribution in [3.8, 4) is 16.9 Å². The van der Waals surface area contributed by atoms with E-state index >= 15 is 0 Å². The van der Waals surface area contributed by atoms with Crippen molar-refractivity contribution in [2.45, 2.75) is 13.5 Å². The first-order valence-electron chi connectivity index (χ1n) is 9.46. The molecule has 30 heavy (non-hydrogen) atoms. The molecule has 0 aliphatic heterocycles. The van der Waals surface area contributed by atoms with Crippen molar-refractivity contribution in [2.24, 2.45) is 0 Å². The quantitative estimate of drug-likeness (QED) is 0.529. The summed E-state index contributed by atoms with van der Waals surface area (Å²) < 4.78 is 7.06. The molecule has 0 saturated carbocycles. The molecule has 0 unspecified atom stereocenters. The minimum Gasteiger partial charge on any atom is -0.380 e. The molecule has 0 atom stereocenters. The van der Waals surface area contributed by atoms with Crippen molar-refractivity contribution < 1.29 is 9.53 Å². The number of benzene rings is 1. The highest BCUT2D eigenvalue weighted by Gasteiger charge is 2.12. The van der Waals surface area contributed by atoms with Gasteiger partial charge in [-0.05, 0) is 47.9 Å². The Kier molecular flexibility index (Phi) is 5.63. The fourth-order valence-electron chi connectivity index (χ4n) is 3.11. The number of nitrogens with zero attached hydrogens (tertiary/aromatic N) is 4. The predicted molar refractivity (Wildman–Crippen MR) is 114 cm³/mol. The van der Waals surface area contributed by atoms with E-state index in [1.54, 1.807) is 36.3 Å². The number of nitrogens with one attached hydrogen (secondary N) is 1. The maximum Gasteiger partial charge on any atom is 0.275 e. The Balaban J connectivity index is 1.62. The van der Waals surface area contributed by atoms with E-state index in [0.717, 1.165) is 22.4 Å². The summed E-state index contributed by atoms with van der Waals surface area (Å²) in [5.74, 6) is 0.733. The van der Waals surface area contributed by atoms with Crippen LogP contribution in [0, 0.1) is 6.92 Å². The average Bonchev–Trinajstić information content (AvgIpc) is 3.21. The molecular weight excluding hydrogens is 378 g/mol. The van der Waals surface area contributed by atoms with E-state index in [9.17, 15) is 4.79 Å². The first-order chi connectivity index (χ1) is 14.6. The van der Waals surface area contributed by atoms with Crippen molar-refractivity contribution >= 4 is 11.7 Å². The zero-order valence-electron chi connectivity index (χ0n) is 16.7. The molecule has 3 heterocycles. The number of imidazole rings is 1. The van der Waals surface area contributed by atoms with E-state index in [2.05, 4.69) is 20.3 Å². The minimum atomic E-state index is -0.331. The molecule has 0 bridgehead atoms. The molecule has 0 radical (unpaired) electrons. The summed E-state index contributed by atoms with van der Waals surface area (Å²) in [6.45, 7) is 2.30. The molecule has 4 rings (SSSR count). The van der Waals surface area contributed by atoms with Gasteiger partial charge in [-0.25, -0.2) is 9.97 Å². The Bertz CT molecular complexity index is 1170. The smallest absolute Gasteiger partial charge is 0.275 e. The second kappa shape index (κ2) is 8.67. The van der Waals surface area contributed by atoms with Crippen LogP contribution in [0.4, 0.5) is 5.82 Å². The lowest BCUT2D eigenvalue weighted by atomic mass is 10.1. The van der Waals surface area contributed by atoms with Crippen LogP contribution in [0.15, 0.2) is 73.3 Å². The fourth-order valence-corrected chi connectivity index (χ4v) is 3.11. The standard InChI is InChI=1S/C23H21N5O2/c1-16-13-28(15-25-16)22-11-17(14-30-2)10-21(26-22)27-23(29)20-12-19(8-9-24-20)18-6-4-3-5-7-18/h3-13,15H,14H2,1-2H3,(H,26,27,29). The van der Waals surface area contributed by atoms with Gasteiger partial charge in [0.05, 0.1) is 12.3 Å². The van der Waals surface area contributed by atoms with Crippen LogP contribution in [-0.2, 0) is 11.3 Å². The molecule has 0 fully saturated rings. The van der Waals surface area contributed by atoms with Crippen LogP contribution >= 0.6 is 0 Å². The van der Waals surface area contributed by atoms with Crippen LogP contribution in [0.5, 0.6) is 0 Å². The molecule has 1 N–H and O–H groups in total. The van der Waals surface area contributed by atoms with Crippen molar-refractivity contribution in [1.29, 1.82) is 0 Å². The summed E-state index contributed by atoms with van der Waals surface area (Å²) in [4.78, 5) is 25.9. The summed E-state index contributed by atoms with van der Waals surface area (Å²) in [7, 11) is 1.62. The molecule has 3 aromatic heterocycles. The van der Waals surface area contributed by atoms with Crippen molar-refractivity contribution in [2.75, 3.05) is 12.4 Å². The minimum absolute atomic E-state index is 0.315. The first kappa shape index (κ1) is 19.5. The summed E-state index contributed by atoms with van der Waals surface area (Å²) >= 11 is 0. The van der Waals surface area contributed by atoms with Gasteiger partial charge >= 0.3 is 0 Å². The number of pyridine rings is 2. The second-order valence-corrected chi connectivity index (χ2v) is 6.82. The van der Waals surface area contributed by atoms with Gasteiger partial charge in [0, 0.05) is 19.5 Å². The molecule has 7 heteroatoms. The largest absolute Gasteiger partial charge is 0.380 e. The van der Waals surface area contributed by atoms with Gasteiger partial charge in [-0.3, -0.25) is 14.3 Å². The average molecular weight is 399 g/mol. The number of carbonyl (C=O) groups is 1. The Hall–Kier alpha value is -3.84. The van der Waals surface area contributed by atoms with Crippen LogP contribution < -0.4 is 5.32 Å². The van der Waals surface area contributed by atoms with Crippen LogP contribution in [0.2, 0.25) is 0 Å². The zero-order chi connectivity index (χ0) is 20.9. The lowest BCUT2D eigenvalue weighted by molar-refractivity contribution is 0.102. The van der Waals surface area contributed by atoms with Crippen LogP contribution in [0.25, 0.3) is 16.9 Å². The van der Waals surface area contributed by atoms with E-state index in [4.69, 9.17) is 4.74 Å². The second-order valence-electron chi connectivity index (χ2n) is 6.82. The number of carbonyl (C=O) groups excluding carboxylic acids is 1. The summed E-state index contributed by atoms with van der Waals surface area (Å²) in [5.41, 5.74) is 4.02. The molecule has 0 spiro atoms. The van der Waals surface area contributed by atoms with E-state index in [-0.39, 0.29) is 5.91 Å². The van der Waals surface area contributed by atoms with Gasteiger partial charge in [0.1, 0.15) is 23.7 Å². The van der Waals surface area contributed by atoms with Crippen LogP contribution in [0.1, 0.15) is 21.7 Å². The highest BCUT2D eigenvalue weighted by atomic mass is 16.5. The van der Waals surface area contributed by atoms with Gasteiger partial charge in [0.15, 0.2) is 0 Å². The molecule has 0 aliphatic carbocycles. The summed E-state index contributed by atoms with van der Waals surface area (Å²) in [6, 6.07) is 17.2. The summed E-state index contributed by atoms with van der Waals surface area (Å²) in [6.07, 6.45) is 5.19. The SMILES string of the molecule is COCc1cc(NC(=O)c2cc(-c3ccccc3)ccn2)nc(-n2cnc(C)c2)c1. The van der Waals surface area contributed by atoms with Crippen molar-refractivity contribution in [3.05, 3.63) is 90.3 Å². The zero-order valence-corrected chi connectivity index (χ0v) is 16.7. The number of hydrogen-bond donors (Lipinski definition) is 1. The Morgan fingerprint density at radius 1 is 1.07 bits per heavy atom. The van der Waals surface area contributed by atoms with Gasteiger partial charge < -0.3 is 10.1 Å². The van der Waals surface area contributed by atoms with E-state index in [1.165, 1.54) is 0 Å². The highest BCUT2D eigenvalue weighted by Crippen LogP contribution is 2.20. The summed E-state index contributed by atoms with van der Waals surface area (Å²) in [5, 5.41) is 2.85. The third-order valence-corrected chi connectivity index (χ3v) is 4.50. The molecular formula is C23H21N5O2. The fraction of sp³-hybridized carbons (Fsp3) is 0.130. The monoisotopic (exact) mass is 399 g/mol. The van der Waals surface area contributed by atoms with Crippen molar-refractivity contribution in [1.82, 2.24) is 19.5 Å². The van der Waals surface area contributed by atoms with E-state index in [0.29, 0.717) is 23.9 Å². The number of anilines is 1. The predicted octanol–water partition coefficient (Wildman–Crippen LogP) is 4.04. The number of rotatable bonds is 6. The van der Waals surface area contributed by atoms with Crippen LogP contribution in [-0.4, -0.2) is 32.5 Å². The van der Waals surface area contributed by atoms with E-state index in [1.807, 2.05) is 55.6 Å². The third-order valence-electron chi connectivity index (χ3n) is 4.50. The number of aromatic nitrogens is 4. The molecule has 0 aliphatic rings. The lowest BCUT2D eigenvalue weighted by Crippen LogP contribution is -2.15. The normalized spacial score (nSPS) is 10.7. The van der Waals surface area contributed by atoms with E-state index < -0.39 is 0 Å². The molecule has 1 aromatic carbocycles. The number of hydrogen-bond acceptors (Lipinski definition) is 5. The maximum absolute atomic E-state index is 12.9. The maximum atomic E-state index is 12.9. The molecule has 4 aromatic rings. The number of methoxy groups -OCH3 is 1. The van der Waals surface area contributed by atoms with Crippen molar-refractivity contribution in [3.63, 3.8) is 0 Å². The molecule has 150 valence electrons. The van der Waals surface area contributed by atoms with Gasteiger partial charge in [0.25, 0.3) is 5.91 Å². The van der Waals surface area contributed by atoms with Crippen LogP contribution in [0.3, 0.4) is 0 Å². The molecule has 7 nitrogen and oxygen atoms in total. The van der Waals surface area contributed by atoms with Gasteiger partial charge in [-0.2, -0.15) is 0 Å². The lowest BCUT2D eigenvalue weighted by Gasteiger charge is -2.10. The topological polar surface area (TPSA) is 81.9 Å². The third kappa shape index (κ3) is 4.42. The number of ether oxygens (including phenoxy) is 1. The highest BCUT2D eigenvalue weighted by molar-refractivity contribution is 6.03. The first-order valence-corrected chi connectivity index (χ1v) is 9.46. The Labute approximate surface area is 174 Å². The number of aryl methyl sites for hydroxylation is 1.